The Hall–Kier alpha value is -2.73. The molecule has 5 nitrogen and oxygen atoms in total. The SMILES string of the molecule is COc1ccc(C2=NC(=S)C3Cc4cccc(O)c4OC3=N2)cc1. The molecule has 0 bridgehead atoms. The number of nitrogens with zero attached hydrogens (tertiary/aromatic N) is 2. The van der Waals surface area contributed by atoms with Crippen LogP contribution in [0.4, 0.5) is 0 Å². The van der Waals surface area contributed by atoms with Crippen LogP contribution in [0, 0.1) is 5.92 Å². The summed E-state index contributed by atoms with van der Waals surface area (Å²) in [5, 5.41) is 10.00. The Balaban J connectivity index is 1.71. The van der Waals surface area contributed by atoms with E-state index in [1.54, 1.807) is 19.2 Å². The predicted molar refractivity (Wildman–Crippen MR) is 95.5 cm³/mol. The van der Waals surface area contributed by atoms with Crippen LogP contribution in [-0.2, 0) is 6.42 Å². The summed E-state index contributed by atoms with van der Waals surface area (Å²) in [5.41, 5.74) is 1.74. The van der Waals surface area contributed by atoms with Crippen LogP contribution >= 0.6 is 12.2 Å². The van der Waals surface area contributed by atoms with Gasteiger partial charge in [0.25, 0.3) is 0 Å². The zero-order valence-electron chi connectivity index (χ0n) is 12.9. The van der Waals surface area contributed by atoms with Crippen LogP contribution in [0.5, 0.6) is 17.2 Å². The second kappa shape index (κ2) is 5.72. The quantitative estimate of drug-likeness (QED) is 0.855. The van der Waals surface area contributed by atoms with Gasteiger partial charge >= 0.3 is 0 Å². The van der Waals surface area contributed by atoms with E-state index in [4.69, 9.17) is 21.7 Å². The van der Waals surface area contributed by atoms with E-state index in [2.05, 4.69) is 9.98 Å². The molecular formula is C18H14N2O3S. The monoisotopic (exact) mass is 338 g/mol. The number of rotatable bonds is 2. The highest BCUT2D eigenvalue weighted by Gasteiger charge is 2.34. The molecule has 0 saturated heterocycles. The van der Waals surface area contributed by atoms with E-state index in [1.165, 1.54) is 0 Å². The number of hydrogen-bond donors (Lipinski definition) is 1. The third-order valence-electron chi connectivity index (χ3n) is 4.08. The van der Waals surface area contributed by atoms with Crippen molar-refractivity contribution in [3.8, 4) is 17.2 Å². The maximum Gasteiger partial charge on any atom is 0.207 e. The van der Waals surface area contributed by atoms with Crippen molar-refractivity contribution in [2.75, 3.05) is 7.11 Å². The van der Waals surface area contributed by atoms with Crippen LogP contribution in [-0.4, -0.2) is 28.9 Å². The molecule has 6 heteroatoms. The molecular weight excluding hydrogens is 324 g/mol. The van der Waals surface area contributed by atoms with Gasteiger partial charge in [0.15, 0.2) is 17.3 Å². The first-order valence-electron chi connectivity index (χ1n) is 7.50. The Morgan fingerprint density at radius 1 is 1.17 bits per heavy atom. The van der Waals surface area contributed by atoms with E-state index in [0.29, 0.717) is 28.9 Å². The second-order valence-corrected chi connectivity index (χ2v) is 5.99. The van der Waals surface area contributed by atoms with E-state index in [9.17, 15) is 5.11 Å². The Kier molecular flexibility index (Phi) is 3.54. The summed E-state index contributed by atoms with van der Waals surface area (Å²) < 4.78 is 11.0. The van der Waals surface area contributed by atoms with Gasteiger partial charge in [-0.1, -0.05) is 24.4 Å². The molecule has 0 fully saturated rings. The van der Waals surface area contributed by atoms with E-state index >= 15 is 0 Å². The highest BCUT2D eigenvalue weighted by molar-refractivity contribution is 7.80. The minimum Gasteiger partial charge on any atom is -0.504 e. The third-order valence-corrected chi connectivity index (χ3v) is 4.46. The van der Waals surface area contributed by atoms with Crippen molar-refractivity contribution in [3.05, 3.63) is 53.6 Å². The third kappa shape index (κ3) is 2.45. The van der Waals surface area contributed by atoms with E-state index < -0.39 is 0 Å². The smallest absolute Gasteiger partial charge is 0.207 e. The van der Waals surface area contributed by atoms with Crippen LogP contribution in [0.2, 0.25) is 0 Å². The first kappa shape index (κ1) is 14.8. The molecule has 2 aliphatic rings. The van der Waals surface area contributed by atoms with Crippen molar-refractivity contribution < 1.29 is 14.6 Å². The van der Waals surface area contributed by atoms with Gasteiger partial charge in [-0.2, -0.15) is 4.99 Å². The molecule has 0 amide bonds. The summed E-state index contributed by atoms with van der Waals surface area (Å²) in [7, 11) is 1.62. The Labute approximate surface area is 144 Å². The Bertz CT molecular complexity index is 888. The van der Waals surface area contributed by atoms with Gasteiger partial charge in [-0.25, -0.2) is 4.99 Å². The molecule has 24 heavy (non-hydrogen) atoms. The van der Waals surface area contributed by atoms with Crippen LogP contribution in [0.3, 0.4) is 0 Å². The molecule has 2 aromatic rings. The molecule has 1 unspecified atom stereocenters. The number of methoxy groups -OCH3 is 1. The molecule has 2 aliphatic heterocycles. The van der Waals surface area contributed by atoms with Crippen molar-refractivity contribution in [1.29, 1.82) is 0 Å². The summed E-state index contributed by atoms with van der Waals surface area (Å²) in [4.78, 5) is 9.53. The molecule has 120 valence electrons. The van der Waals surface area contributed by atoms with Gasteiger partial charge in [-0.3, -0.25) is 0 Å². The van der Waals surface area contributed by atoms with Gasteiger partial charge in [0, 0.05) is 5.56 Å². The van der Waals surface area contributed by atoms with Crippen LogP contribution in [0.1, 0.15) is 11.1 Å². The van der Waals surface area contributed by atoms with E-state index in [-0.39, 0.29) is 11.7 Å². The highest BCUT2D eigenvalue weighted by atomic mass is 32.1. The van der Waals surface area contributed by atoms with E-state index in [0.717, 1.165) is 16.9 Å². The molecule has 1 atom stereocenters. The van der Waals surface area contributed by atoms with Crippen molar-refractivity contribution in [2.24, 2.45) is 15.9 Å². The molecule has 1 N–H and O–H groups in total. The van der Waals surface area contributed by atoms with Crippen molar-refractivity contribution in [1.82, 2.24) is 0 Å². The number of aromatic hydroxyl groups is 1. The van der Waals surface area contributed by atoms with Gasteiger partial charge in [-0.15, -0.1) is 0 Å². The standard InChI is InChI=1S/C18H14N2O3S/c1-22-12-7-5-10(6-8-12)16-19-17-13(18(24)20-16)9-11-3-2-4-14(21)15(11)23-17/h2-8,13,21H,9H2,1H3. The van der Waals surface area contributed by atoms with Gasteiger partial charge in [0.05, 0.1) is 13.0 Å². The van der Waals surface area contributed by atoms with E-state index in [1.807, 2.05) is 30.3 Å². The number of hydrogen-bond acceptors (Lipinski definition) is 5. The largest absolute Gasteiger partial charge is 0.504 e. The average molecular weight is 338 g/mol. The lowest BCUT2D eigenvalue weighted by molar-refractivity contribution is 0.411. The number of thiocarbonyl (C=S) groups is 1. The summed E-state index contributed by atoms with van der Waals surface area (Å²) in [5.74, 6) is 2.13. The molecule has 0 radical (unpaired) electrons. The number of benzene rings is 2. The van der Waals surface area contributed by atoms with Gasteiger partial charge in [0.2, 0.25) is 5.90 Å². The number of ether oxygens (including phenoxy) is 2. The molecule has 2 heterocycles. The van der Waals surface area contributed by atoms with Crippen molar-refractivity contribution >= 4 is 28.9 Å². The molecule has 0 saturated carbocycles. The summed E-state index contributed by atoms with van der Waals surface area (Å²) in [6.07, 6.45) is 0.626. The maximum absolute atomic E-state index is 10.00. The van der Waals surface area contributed by atoms with Crippen LogP contribution in [0.25, 0.3) is 0 Å². The Morgan fingerprint density at radius 3 is 2.71 bits per heavy atom. The van der Waals surface area contributed by atoms with Crippen molar-refractivity contribution in [2.45, 2.75) is 6.42 Å². The minimum atomic E-state index is -0.170. The lowest BCUT2D eigenvalue weighted by Crippen LogP contribution is -2.36. The summed E-state index contributed by atoms with van der Waals surface area (Å²) >= 11 is 5.46. The molecule has 4 rings (SSSR count). The first-order valence-corrected chi connectivity index (χ1v) is 7.91. The highest BCUT2D eigenvalue weighted by Crippen LogP contribution is 2.37. The minimum absolute atomic E-state index is 0.105. The molecule has 0 aromatic heterocycles. The van der Waals surface area contributed by atoms with Gasteiger partial charge in [-0.05, 0) is 42.3 Å². The predicted octanol–water partition coefficient (Wildman–Crippen LogP) is 3.14. The lowest BCUT2D eigenvalue weighted by Gasteiger charge is -2.28. The van der Waals surface area contributed by atoms with Crippen LogP contribution in [0.15, 0.2) is 52.4 Å². The fourth-order valence-corrected chi connectivity index (χ4v) is 3.08. The number of amidine groups is 1. The Morgan fingerprint density at radius 2 is 1.96 bits per heavy atom. The molecule has 0 spiro atoms. The number of aliphatic imine (C=N–C) groups is 2. The fraction of sp³-hybridized carbons (Fsp3) is 0.167. The van der Waals surface area contributed by atoms with Crippen LogP contribution < -0.4 is 9.47 Å². The summed E-state index contributed by atoms with van der Waals surface area (Å²) in [6, 6.07) is 12.7. The van der Waals surface area contributed by atoms with Crippen molar-refractivity contribution in [3.63, 3.8) is 0 Å². The molecule has 0 aliphatic carbocycles. The maximum atomic E-state index is 10.00. The first-order chi connectivity index (χ1) is 11.7. The number of phenolic OH excluding ortho intramolecular Hbond substituents is 1. The zero-order chi connectivity index (χ0) is 16.7. The topological polar surface area (TPSA) is 63.4 Å². The fourth-order valence-electron chi connectivity index (χ4n) is 2.81. The zero-order valence-corrected chi connectivity index (χ0v) is 13.7. The number of phenols is 1. The summed E-state index contributed by atoms with van der Waals surface area (Å²) in [6.45, 7) is 0. The van der Waals surface area contributed by atoms with Gasteiger partial charge < -0.3 is 14.6 Å². The average Bonchev–Trinajstić information content (AvgIpc) is 2.61. The number of fused-ring (bicyclic) bond motifs is 2. The molecule has 2 aromatic carbocycles. The van der Waals surface area contributed by atoms with Gasteiger partial charge in [0.1, 0.15) is 10.7 Å². The normalized spacial score (nSPS) is 18.7. The second-order valence-electron chi connectivity index (χ2n) is 5.58. The number of para-hydroxylation sites is 1. The lowest BCUT2D eigenvalue weighted by atomic mass is 9.94.